The molecule has 2 heterocycles. The highest BCUT2D eigenvalue weighted by Crippen LogP contribution is 2.27. The molecule has 0 aliphatic carbocycles. The van der Waals surface area contributed by atoms with E-state index in [1.165, 1.54) is 17.4 Å². The van der Waals surface area contributed by atoms with Crippen molar-refractivity contribution in [2.75, 3.05) is 11.4 Å². The number of carbonyl (C=O) groups excluding carboxylic acids is 1. The summed E-state index contributed by atoms with van der Waals surface area (Å²) in [5.41, 5.74) is 2.62. The maximum atomic E-state index is 12.6. The van der Waals surface area contributed by atoms with E-state index in [-0.39, 0.29) is 5.91 Å². The van der Waals surface area contributed by atoms with Gasteiger partial charge in [-0.25, -0.2) is 4.98 Å². The van der Waals surface area contributed by atoms with E-state index >= 15 is 0 Å². The van der Waals surface area contributed by atoms with Crippen LogP contribution in [-0.2, 0) is 4.79 Å². The Kier molecular flexibility index (Phi) is 5.49. The fraction of sp³-hybridized carbons (Fsp3) is 0.0500. The quantitative estimate of drug-likeness (QED) is 0.489. The van der Waals surface area contributed by atoms with Crippen molar-refractivity contribution in [2.45, 2.75) is 0 Å². The summed E-state index contributed by atoms with van der Waals surface area (Å²) in [5, 5.41) is 2.60. The third-order valence-corrected chi connectivity index (χ3v) is 4.32. The Balaban J connectivity index is 1.81. The number of thiazole rings is 1. The lowest BCUT2D eigenvalue weighted by Crippen LogP contribution is -2.29. The molecule has 0 radical (unpaired) electrons. The van der Waals surface area contributed by atoms with Gasteiger partial charge in [0.1, 0.15) is 0 Å². The van der Waals surface area contributed by atoms with Crippen LogP contribution in [0.15, 0.2) is 78.8 Å². The van der Waals surface area contributed by atoms with Crippen LogP contribution in [-0.4, -0.2) is 22.4 Å². The number of benzene rings is 1. The molecular weight excluding hydrogens is 330 g/mol. The normalized spacial score (nSPS) is 10.7. The molecule has 5 heteroatoms. The van der Waals surface area contributed by atoms with Crippen LogP contribution in [0.1, 0.15) is 5.69 Å². The van der Waals surface area contributed by atoms with Crippen LogP contribution in [0.4, 0.5) is 5.13 Å². The Labute approximate surface area is 150 Å². The highest BCUT2D eigenvalue weighted by atomic mass is 32.1. The average Bonchev–Trinajstić information content (AvgIpc) is 3.15. The molecule has 25 heavy (non-hydrogen) atoms. The summed E-state index contributed by atoms with van der Waals surface area (Å²) in [5.74, 6) is -0.153. The number of anilines is 1. The van der Waals surface area contributed by atoms with Gasteiger partial charge in [-0.05, 0) is 18.2 Å². The van der Waals surface area contributed by atoms with Crippen molar-refractivity contribution >= 4 is 28.5 Å². The average molecular weight is 347 g/mol. The van der Waals surface area contributed by atoms with E-state index in [4.69, 9.17) is 0 Å². The minimum absolute atomic E-state index is 0.153. The van der Waals surface area contributed by atoms with Gasteiger partial charge < -0.3 is 0 Å². The van der Waals surface area contributed by atoms with Crippen molar-refractivity contribution < 1.29 is 4.79 Å². The first-order chi connectivity index (χ1) is 12.3. The molecule has 124 valence electrons. The van der Waals surface area contributed by atoms with Crippen LogP contribution in [0.2, 0.25) is 0 Å². The summed E-state index contributed by atoms with van der Waals surface area (Å²) >= 11 is 1.44. The highest BCUT2D eigenvalue weighted by Gasteiger charge is 2.16. The lowest BCUT2D eigenvalue weighted by molar-refractivity contribution is -0.114. The van der Waals surface area contributed by atoms with Crippen LogP contribution in [0.3, 0.4) is 0 Å². The molecule has 1 aromatic carbocycles. The zero-order valence-electron chi connectivity index (χ0n) is 13.6. The molecule has 0 saturated carbocycles. The van der Waals surface area contributed by atoms with Crippen LogP contribution in [0, 0.1) is 0 Å². The smallest absolute Gasteiger partial charge is 0.253 e. The number of nitrogens with zero attached hydrogens (tertiary/aromatic N) is 3. The first-order valence-corrected chi connectivity index (χ1v) is 8.68. The van der Waals surface area contributed by atoms with Crippen molar-refractivity contribution in [2.24, 2.45) is 0 Å². The third kappa shape index (κ3) is 4.28. The fourth-order valence-corrected chi connectivity index (χ4v) is 3.09. The van der Waals surface area contributed by atoms with E-state index in [9.17, 15) is 4.79 Å². The van der Waals surface area contributed by atoms with Gasteiger partial charge in [-0.3, -0.25) is 14.7 Å². The lowest BCUT2D eigenvalue weighted by Gasteiger charge is -2.15. The molecule has 0 spiro atoms. The first kappa shape index (κ1) is 16.8. The predicted octanol–water partition coefficient (Wildman–Crippen LogP) is 4.44. The van der Waals surface area contributed by atoms with Crippen LogP contribution >= 0.6 is 11.3 Å². The van der Waals surface area contributed by atoms with Crippen LogP contribution in [0.5, 0.6) is 0 Å². The van der Waals surface area contributed by atoms with E-state index < -0.39 is 0 Å². The van der Waals surface area contributed by atoms with Gasteiger partial charge in [-0.15, -0.1) is 17.9 Å². The molecule has 0 saturated heterocycles. The molecule has 0 bridgehead atoms. The van der Waals surface area contributed by atoms with Crippen molar-refractivity contribution in [3.05, 3.63) is 84.5 Å². The second-order valence-corrected chi connectivity index (χ2v) is 6.04. The maximum Gasteiger partial charge on any atom is 0.253 e. The van der Waals surface area contributed by atoms with Gasteiger partial charge in [0.2, 0.25) is 0 Å². The minimum atomic E-state index is -0.153. The Morgan fingerprint density at radius 2 is 1.96 bits per heavy atom. The number of rotatable bonds is 6. The van der Waals surface area contributed by atoms with E-state index in [0.29, 0.717) is 11.7 Å². The molecular formula is C20H17N3OS. The monoisotopic (exact) mass is 347 g/mol. The second-order valence-electron chi connectivity index (χ2n) is 5.21. The van der Waals surface area contributed by atoms with Crippen molar-refractivity contribution in [1.29, 1.82) is 0 Å². The van der Waals surface area contributed by atoms with Gasteiger partial charge >= 0.3 is 0 Å². The Morgan fingerprint density at radius 1 is 1.16 bits per heavy atom. The number of hydrogen-bond donors (Lipinski definition) is 0. The van der Waals surface area contributed by atoms with Gasteiger partial charge in [0.05, 0.1) is 11.4 Å². The maximum absolute atomic E-state index is 12.6. The van der Waals surface area contributed by atoms with E-state index in [1.807, 2.05) is 53.9 Å². The summed E-state index contributed by atoms with van der Waals surface area (Å²) in [6.45, 7) is 4.13. The number of amides is 1. The SMILES string of the molecule is C=CCN(C(=O)/C=C\c1ccccn1)c1nc(-c2ccccc2)cs1. The summed E-state index contributed by atoms with van der Waals surface area (Å²) in [7, 11) is 0. The molecule has 0 N–H and O–H groups in total. The summed E-state index contributed by atoms with van der Waals surface area (Å²) in [6.07, 6.45) is 6.59. The van der Waals surface area contributed by atoms with Gasteiger partial charge in [0.25, 0.3) is 5.91 Å². The first-order valence-electron chi connectivity index (χ1n) is 7.80. The molecule has 3 aromatic rings. The van der Waals surface area contributed by atoms with Crippen LogP contribution < -0.4 is 4.90 Å². The topological polar surface area (TPSA) is 46.1 Å². The Bertz CT molecular complexity index is 872. The van der Waals surface area contributed by atoms with Crippen molar-refractivity contribution in [1.82, 2.24) is 9.97 Å². The zero-order chi connectivity index (χ0) is 17.5. The molecule has 0 aliphatic rings. The standard InChI is InChI=1S/C20H17N3OS/c1-2-14-23(19(24)12-11-17-10-6-7-13-21-17)20-22-18(15-25-20)16-8-4-3-5-9-16/h2-13,15H,1,14H2/b12-11-. The Morgan fingerprint density at radius 3 is 2.68 bits per heavy atom. The van der Waals surface area contributed by atoms with Gasteiger partial charge in [-0.2, -0.15) is 0 Å². The van der Waals surface area contributed by atoms with Crippen molar-refractivity contribution in [3.63, 3.8) is 0 Å². The third-order valence-electron chi connectivity index (χ3n) is 3.45. The van der Waals surface area contributed by atoms with E-state index in [1.54, 1.807) is 23.2 Å². The molecule has 3 rings (SSSR count). The lowest BCUT2D eigenvalue weighted by atomic mass is 10.2. The number of aromatic nitrogens is 2. The molecule has 1 amide bonds. The largest absolute Gasteiger partial charge is 0.281 e. The van der Waals surface area contributed by atoms with E-state index in [0.717, 1.165) is 17.0 Å². The molecule has 0 fully saturated rings. The number of pyridine rings is 1. The Hall–Kier alpha value is -3.05. The fourth-order valence-electron chi connectivity index (χ4n) is 2.24. The van der Waals surface area contributed by atoms with Gasteiger partial charge in [-0.1, -0.05) is 42.5 Å². The predicted molar refractivity (Wildman–Crippen MR) is 103 cm³/mol. The summed E-state index contributed by atoms with van der Waals surface area (Å²) in [4.78, 5) is 23.0. The van der Waals surface area contributed by atoms with Gasteiger partial charge in [0, 0.05) is 29.8 Å². The number of hydrogen-bond acceptors (Lipinski definition) is 4. The summed E-state index contributed by atoms with van der Waals surface area (Å²) < 4.78 is 0. The molecule has 4 nitrogen and oxygen atoms in total. The molecule has 2 aromatic heterocycles. The van der Waals surface area contributed by atoms with Crippen LogP contribution in [0.25, 0.3) is 17.3 Å². The zero-order valence-corrected chi connectivity index (χ0v) is 14.4. The summed E-state index contributed by atoms with van der Waals surface area (Å²) in [6, 6.07) is 15.5. The van der Waals surface area contributed by atoms with E-state index in [2.05, 4.69) is 16.5 Å². The second kappa shape index (κ2) is 8.17. The molecule has 0 unspecified atom stereocenters. The number of carbonyl (C=O) groups is 1. The molecule has 0 atom stereocenters. The van der Waals surface area contributed by atoms with Gasteiger partial charge in [0.15, 0.2) is 5.13 Å². The highest BCUT2D eigenvalue weighted by molar-refractivity contribution is 7.14. The van der Waals surface area contributed by atoms with Crippen molar-refractivity contribution in [3.8, 4) is 11.3 Å². The molecule has 0 aliphatic heterocycles. The minimum Gasteiger partial charge on any atom is -0.281 e.